The number of methoxy groups -OCH3 is 1. The summed E-state index contributed by atoms with van der Waals surface area (Å²) in [7, 11) is 3.13. The molecule has 6 nitrogen and oxygen atoms in total. The van der Waals surface area contributed by atoms with E-state index in [1.54, 1.807) is 31.4 Å². The van der Waals surface area contributed by atoms with E-state index >= 15 is 0 Å². The first-order chi connectivity index (χ1) is 12.1. The Morgan fingerprint density at radius 2 is 1.76 bits per heavy atom. The fraction of sp³-hybridized carbons (Fsp3) is 0.211. The summed E-state index contributed by atoms with van der Waals surface area (Å²) < 4.78 is 11.6. The number of fused-ring (bicyclic) bond motifs is 1. The van der Waals surface area contributed by atoms with E-state index in [-0.39, 0.29) is 17.9 Å². The Labute approximate surface area is 144 Å². The summed E-state index contributed by atoms with van der Waals surface area (Å²) in [5, 5.41) is 5.01. The number of aryl methyl sites for hydroxylation is 1. The lowest BCUT2D eigenvalue weighted by Gasteiger charge is -2.08. The van der Waals surface area contributed by atoms with E-state index in [0.29, 0.717) is 17.2 Å². The Morgan fingerprint density at radius 3 is 2.44 bits per heavy atom. The zero-order valence-corrected chi connectivity index (χ0v) is 14.1. The van der Waals surface area contributed by atoms with Crippen LogP contribution in [0.4, 0.5) is 0 Å². The molecular weight excluding hydrogens is 320 g/mol. The van der Waals surface area contributed by atoms with Crippen LogP contribution in [0.3, 0.4) is 0 Å². The minimum Gasteiger partial charge on any atom is -0.497 e. The van der Waals surface area contributed by atoms with Crippen molar-refractivity contribution in [3.05, 3.63) is 70.1 Å². The molecule has 0 saturated heterocycles. The Kier molecular flexibility index (Phi) is 4.79. The topological polar surface area (TPSA) is 70.4 Å². The summed E-state index contributed by atoms with van der Waals surface area (Å²) in [6.45, 7) is 0.226. The van der Waals surface area contributed by atoms with Crippen LogP contribution in [0.2, 0.25) is 0 Å². The third-order valence-electron chi connectivity index (χ3n) is 3.93. The second kappa shape index (κ2) is 7.17. The maximum Gasteiger partial charge on any atom is 0.359 e. The molecule has 0 fully saturated rings. The average molecular weight is 338 g/mol. The third kappa shape index (κ3) is 3.52. The van der Waals surface area contributed by atoms with E-state index in [9.17, 15) is 9.59 Å². The van der Waals surface area contributed by atoms with Crippen LogP contribution < -0.4 is 10.3 Å². The normalized spacial score (nSPS) is 10.6. The molecule has 0 spiro atoms. The molecule has 0 atom stereocenters. The molecule has 0 aliphatic carbocycles. The number of esters is 1. The fourth-order valence-electron chi connectivity index (χ4n) is 2.57. The van der Waals surface area contributed by atoms with Crippen molar-refractivity contribution in [2.75, 3.05) is 13.7 Å². The molecule has 0 bridgehead atoms. The first kappa shape index (κ1) is 16.7. The molecule has 128 valence electrons. The van der Waals surface area contributed by atoms with Crippen LogP contribution in [0.5, 0.6) is 5.75 Å². The third-order valence-corrected chi connectivity index (χ3v) is 3.93. The van der Waals surface area contributed by atoms with Crippen molar-refractivity contribution < 1.29 is 14.3 Å². The highest BCUT2D eigenvalue weighted by Crippen LogP contribution is 2.15. The molecule has 0 radical (unpaired) electrons. The lowest BCUT2D eigenvalue weighted by Crippen LogP contribution is -2.24. The van der Waals surface area contributed by atoms with Gasteiger partial charge in [-0.1, -0.05) is 30.3 Å². The van der Waals surface area contributed by atoms with Gasteiger partial charge in [0.15, 0.2) is 5.69 Å². The van der Waals surface area contributed by atoms with Crippen LogP contribution in [0.15, 0.2) is 53.3 Å². The predicted octanol–water partition coefficient (Wildman–Crippen LogP) is 2.34. The summed E-state index contributed by atoms with van der Waals surface area (Å²) in [6, 6.07) is 14.5. The van der Waals surface area contributed by atoms with Crippen LogP contribution in [0, 0.1) is 0 Å². The minimum absolute atomic E-state index is 0.146. The van der Waals surface area contributed by atoms with Crippen molar-refractivity contribution in [1.82, 2.24) is 9.78 Å². The highest BCUT2D eigenvalue weighted by atomic mass is 16.5. The number of benzene rings is 2. The molecule has 0 saturated carbocycles. The number of rotatable bonds is 5. The van der Waals surface area contributed by atoms with E-state index < -0.39 is 5.97 Å². The van der Waals surface area contributed by atoms with E-state index in [2.05, 4.69) is 5.10 Å². The van der Waals surface area contributed by atoms with Crippen molar-refractivity contribution in [3.8, 4) is 5.75 Å². The lowest BCUT2D eigenvalue weighted by atomic mass is 10.1. The van der Waals surface area contributed by atoms with Gasteiger partial charge in [-0.05, 0) is 23.8 Å². The number of hydrogen-bond donors (Lipinski definition) is 0. The second-order valence-electron chi connectivity index (χ2n) is 5.56. The van der Waals surface area contributed by atoms with Crippen molar-refractivity contribution in [2.24, 2.45) is 7.05 Å². The molecule has 6 heteroatoms. The average Bonchev–Trinajstić information content (AvgIpc) is 2.65. The number of ether oxygens (including phenoxy) is 2. The van der Waals surface area contributed by atoms with Gasteiger partial charge in [-0.3, -0.25) is 4.79 Å². The van der Waals surface area contributed by atoms with E-state index in [4.69, 9.17) is 9.47 Å². The number of carbonyl (C=O) groups is 1. The largest absolute Gasteiger partial charge is 0.497 e. The summed E-state index contributed by atoms with van der Waals surface area (Å²) >= 11 is 0. The molecule has 1 aromatic heterocycles. The molecule has 3 aromatic rings. The van der Waals surface area contributed by atoms with Crippen molar-refractivity contribution in [3.63, 3.8) is 0 Å². The standard InChI is InChI=1S/C19H18N2O4/c1-21-18(22)16-6-4-3-5-15(16)17(20-21)19(23)25-12-11-13-7-9-14(24-2)10-8-13/h3-10H,11-12H2,1-2H3. The van der Waals surface area contributed by atoms with Crippen molar-refractivity contribution >= 4 is 16.7 Å². The molecule has 0 aliphatic heterocycles. The summed E-state index contributed by atoms with van der Waals surface area (Å²) in [6.07, 6.45) is 0.583. The monoisotopic (exact) mass is 338 g/mol. The predicted molar refractivity (Wildman–Crippen MR) is 94.0 cm³/mol. The zero-order valence-electron chi connectivity index (χ0n) is 14.1. The van der Waals surface area contributed by atoms with Crippen LogP contribution >= 0.6 is 0 Å². The van der Waals surface area contributed by atoms with Gasteiger partial charge in [-0.2, -0.15) is 5.10 Å². The molecule has 0 aliphatic rings. The summed E-state index contributed by atoms with van der Waals surface area (Å²) in [4.78, 5) is 24.5. The van der Waals surface area contributed by atoms with Crippen LogP contribution in [-0.4, -0.2) is 29.5 Å². The number of hydrogen-bond acceptors (Lipinski definition) is 5. The molecule has 1 heterocycles. The van der Waals surface area contributed by atoms with Crippen LogP contribution in [0.25, 0.3) is 10.8 Å². The SMILES string of the molecule is COc1ccc(CCOC(=O)c2nn(C)c(=O)c3ccccc23)cc1. The second-order valence-corrected chi connectivity index (χ2v) is 5.56. The van der Waals surface area contributed by atoms with Gasteiger partial charge in [0, 0.05) is 18.9 Å². The highest BCUT2D eigenvalue weighted by Gasteiger charge is 2.16. The number of nitrogens with zero attached hydrogens (tertiary/aromatic N) is 2. The summed E-state index contributed by atoms with van der Waals surface area (Å²) in [5.74, 6) is 0.238. The van der Waals surface area contributed by atoms with Crippen LogP contribution in [-0.2, 0) is 18.2 Å². The molecule has 0 unspecified atom stereocenters. The molecule has 2 aromatic carbocycles. The molecule has 0 N–H and O–H groups in total. The zero-order chi connectivity index (χ0) is 17.8. The Morgan fingerprint density at radius 1 is 1.08 bits per heavy atom. The van der Waals surface area contributed by atoms with Crippen molar-refractivity contribution in [1.29, 1.82) is 0 Å². The van der Waals surface area contributed by atoms with Gasteiger partial charge in [0.05, 0.1) is 19.1 Å². The Balaban J connectivity index is 1.74. The highest BCUT2D eigenvalue weighted by molar-refractivity contribution is 6.02. The van der Waals surface area contributed by atoms with Gasteiger partial charge < -0.3 is 9.47 Å². The number of aromatic nitrogens is 2. The fourth-order valence-corrected chi connectivity index (χ4v) is 2.57. The lowest BCUT2D eigenvalue weighted by molar-refractivity contribution is 0.0502. The van der Waals surface area contributed by atoms with Crippen molar-refractivity contribution in [2.45, 2.75) is 6.42 Å². The maximum atomic E-state index is 12.4. The first-order valence-electron chi connectivity index (χ1n) is 7.86. The van der Waals surface area contributed by atoms with E-state index in [1.165, 1.54) is 7.05 Å². The van der Waals surface area contributed by atoms with E-state index in [0.717, 1.165) is 16.0 Å². The Hall–Kier alpha value is -3.15. The minimum atomic E-state index is -0.541. The molecular formula is C19H18N2O4. The van der Waals surface area contributed by atoms with Gasteiger partial charge in [0.1, 0.15) is 5.75 Å². The molecule has 25 heavy (non-hydrogen) atoms. The van der Waals surface area contributed by atoms with Crippen LogP contribution in [0.1, 0.15) is 16.1 Å². The maximum absolute atomic E-state index is 12.4. The van der Waals surface area contributed by atoms with Gasteiger partial charge in [-0.15, -0.1) is 0 Å². The van der Waals surface area contributed by atoms with E-state index in [1.807, 2.05) is 24.3 Å². The van der Waals surface area contributed by atoms with Gasteiger partial charge in [-0.25, -0.2) is 9.48 Å². The van der Waals surface area contributed by atoms with Gasteiger partial charge >= 0.3 is 5.97 Å². The summed E-state index contributed by atoms with van der Waals surface area (Å²) in [5.41, 5.74) is 0.935. The molecule has 0 amide bonds. The van der Waals surface area contributed by atoms with Gasteiger partial charge in [0.25, 0.3) is 5.56 Å². The van der Waals surface area contributed by atoms with Gasteiger partial charge in [0.2, 0.25) is 0 Å². The quantitative estimate of drug-likeness (QED) is 0.668. The smallest absolute Gasteiger partial charge is 0.359 e. The number of carbonyl (C=O) groups excluding carboxylic acids is 1. The first-order valence-corrected chi connectivity index (χ1v) is 7.86. The Bertz CT molecular complexity index is 961. The molecule has 3 rings (SSSR count).